The molecular weight excluding hydrogens is 380 g/mol. The zero-order valence-corrected chi connectivity index (χ0v) is 14.2. The van der Waals surface area contributed by atoms with Gasteiger partial charge in [0.2, 0.25) is 5.91 Å². The Morgan fingerprint density at radius 3 is 2.85 bits per heavy atom. The van der Waals surface area contributed by atoms with Crippen LogP contribution < -0.4 is 5.43 Å². The van der Waals surface area contributed by atoms with Crippen LogP contribution in [0.1, 0.15) is 4.88 Å². The second kappa shape index (κ2) is 7.83. The maximum absolute atomic E-state index is 11.6. The minimum atomic E-state index is -0.142. The molecule has 0 aliphatic heterocycles. The molecule has 0 saturated carbocycles. The van der Waals surface area contributed by atoms with Crippen molar-refractivity contribution in [3.8, 4) is 0 Å². The van der Waals surface area contributed by atoms with E-state index in [4.69, 9.17) is 11.6 Å². The fourth-order valence-electron chi connectivity index (χ4n) is 1.28. The maximum atomic E-state index is 11.6. The molecule has 1 N–H and O–H groups in total. The Kier molecular flexibility index (Phi) is 6.09. The summed E-state index contributed by atoms with van der Waals surface area (Å²) in [5.74, 6) is 0.171. The van der Waals surface area contributed by atoms with Crippen LogP contribution in [-0.4, -0.2) is 17.9 Å². The molecule has 2 rings (SSSR count). The van der Waals surface area contributed by atoms with Crippen LogP contribution in [0.5, 0.6) is 0 Å². The number of hydrogen-bond donors (Lipinski definition) is 1. The lowest BCUT2D eigenvalue weighted by atomic mass is 10.4. The first kappa shape index (κ1) is 15.6. The van der Waals surface area contributed by atoms with Gasteiger partial charge in [-0.25, -0.2) is 5.43 Å². The van der Waals surface area contributed by atoms with Crippen molar-refractivity contribution in [2.24, 2.45) is 5.10 Å². The summed E-state index contributed by atoms with van der Waals surface area (Å²) >= 11 is 12.1. The lowest BCUT2D eigenvalue weighted by molar-refractivity contribution is -0.118. The molecule has 1 amide bonds. The summed E-state index contributed by atoms with van der Waals surface area (Å²) in [6.07, 6.45) is 1.63. The third kappa shape index (κ3) is 5.28. The Bertz CT molecular complexity index is 613. The average molecular weight is 390 g/mol. The van der Waals surface area contributed by atoms with Gasteiger partial charge in [-0.1, -0.05) is 11.6 Å². The number of amides is 1. The summed E-state index contributed by atoms with van der Waals surface area (Å²) in [5, 5.41) is 6.56. The molecule has 1 aromatic carbocycles. The van der Waals surface area contributed by atoms with E-state index in [-0.39, 0.29) is 5.91 Å². The quantitative estimate of drug-likeness (QED) is 0.467. The average Bonchev–Trinajstić information content (AvgIpc) is 2.84. The highest BCUT2D eigenvalue weighted by Crippen LogP contribution is 2.20. The van der Waals surface area contributed by atoms with Crippen LogP contribution in [0.3, 0.4) is 0 Å². The maximum Gasteiger partial charge on any atom is 0.250 e. The molecule has 1 aromatic heterocycles. The second-order valence-corrected chi connectivity index (χ2v) is 7.05. The first-order valence-corrected chi connectivity index (χ1v) is 8.61. The SMILES string of the molecule is O=C(CSc1ccc(Cl)cc1)N/N=C\c1cc(Br)cs1. The number of benzene rings is 1. The zero-order valence-electron chi connectivity index (χ0n) is 10.2. The molecule has 0 bridgehead atoms. The molecular formula is C13H10BrClN2OS2. The molecule has 0 aliphatic carbocycles. The van der Waals surface area contributed by atoms with Crippen LogP contribution in [0.4, 0.5) is 0 Å². The highest BCUT2D eigenvalue weighted by atomic mass is 79.9. The van der Waals surface area contributed by atoms with Gasteiger partial charge in [0.25, 0.3) is 0 Å². The van der Waals surface area contributed by atoms with Crippen molar-refractivity contribution in [3.05, 3.63) is 50.1 Å². The molecule has 7 heteroatoms. The number of rotatable bonds is 5. The topological polar surface area (TPSA) is 41.5 Å². The van der Waals surface area contributed by atoms with E-state index >= 15 is 0 Å². The minimum absolute atomic E-state index is 0.142. The fraction of sp³-hybridized carbons (Fsp3) is 0.0769. The Morgan fingerprint density at radius 1 is 1.45 bits per heavy atom. The third-order valence-corrected chi connectivity index (χ3v) is 5.04. The molecule has 0 radical (unpaired) electrons. The van der Waals surface area contributed by atoms with E-state index in [1.54, 1.807) is 29.7 Å². The van der Waals surface area contributed by atoms with E-state index in [1.807, 2.05) is 23.6 Å². The Hall–Kier alpha value is -0.820. The van der Waals surface area contributed by atoms with Crippen molar-refractivity contribution in [2.45, 2.75) is 4.90 Å². The Balaban J connectivity index is 1.75. The minimum Gasteiger partial charge on any atom is -0.272 e. The molecule has 20 heavy (non-hydrogen) atoms. The summed E-state index contributed by atoms with van der Waals surface area (Å²) in [6, 6.07) is 9.30. The largest absolute Gasteiger partial charge is 0.272 e. The Labute approximate surface area is 138 Å². The van der Waals surface area contributed by atoms with Crippen LogP contribution in [0.15, 0.2) is 50.2 Å². The van der Waals surface area contributed by atoms with E-state index in [9.17, 15) is 4.79 Å². The fourth-order valence-corrected chi connectivity index (χ4v) is 3.40. The number of hydrogen-bond acceptors (Lipinski definition) is 4. The molecule has 0 fully saturated rings. The van der Waals surface area contributed by atoms with Crippen molar-refractivity contribution in [3.63, 3.8) is 0 Å². The molecule has 0 spiro atoms. The van der Waals surface area contributed by atoms with Gasteiger partial charge in [0.1, 0.15) is 0 Å². The van der Waals surface area contributed by atoms with Crippen molar-refractivity contribution in [2.75, 3.05) is 5.75 Å². The van der Waals surface area contributed by atoms with Gasteiger partial charge in [0, 0.05) is 24.6 Å². The number of nitrogens with one attached hydrogen (secondary N) is 1. The van der Waals surface area contributed by atoms with Gasteiger partial charge in [-0.3, -0.25) is 4.79 Å². The van der Waals surface area contributed by atoms with Crippen LogP contribution in [0, 0.1) is 0 Å². The predicted octanol–water partition coefficient (Wildman–Crippen LogP) is 4.41. The van der Waals surface area contributed by atoms with Gasteiger partial charge in [-0.15, -0.1) is 23.1 Å². The van der Waals surface area contributed by atoms with E-state index in [0.717, 1.165) is 14.2 Å². The van der Waals surface area contributed by atoms with Crippen LogP contribution in [0.25, 0.3) is 0 Å². The molecule has 0 aliphatic rings. The first-order valence-electron chi connectivity index (χ1n) is 5.58. The standard InChI is InChI=1S/C13H10BrClN2OS2/c14-9-5-12(19-7-9)6-16-17-13(18)8-20-11-3-1-10(15)2-4-11/h1-7H,8H2,(H,17,18)/b16-6-. The summed E-state index contributed by atoms with van der Waals surface area (Å²) in [4.78, 5) is 13.6. The number of halogens is 2. The van der Waals surface area contributed by atoms with Crippen molar-refractivity contribution < 1.29 is 4.79 Å². The van der Waals surface area contributed by atoms with Crippen molar-refractivity contribution in [1.82, 2.24) is 5.43 Å². The lowest BCUT2D eigenvalue weighted by Gasteiger charge is -2.00. The van der Waals surface area contributed by atoms with Gasteiger partial charge < -0.3 is 0 Å². The number of hydrazone groups is 1. The van der Waals surface area contributed by atoms with Crippen LogP contribution in [-0.2, 0) is 4.79 Å². The van der Waals surface area contributed by atoms with Crippen LogP contribution in [0.2, 0.25) is 5.02 Å². The van der Waals surface area contributed by atoms with E-state index in [2.05, 4.69) is 26.5 Å². The number of carbonyl (C=O) groups is 1. The normalized spacial score (nSPS) is 10.9. The second-order valence-electron chi connectivity index (χ2n) is 3.70. The number of thiophene rings is 1. The van der Waals surface area contributed by atoms with Crippen molar-refractivity contribution in [1.29, 1.82) is 0 Å². The van der Waals surface area contributed by atoms with E-state index in [0.29, 0.717) is 10.8 Å². The lowest BCUT2D eigenvalue weighted by Crippen LogP contribution is -2.19. The van der Waals surface area contributed by atoms with Gasteiger partial charge in [-0.05, 0) is 46.3 Å². The number of thioether (sulfide) groups is 1. The van der Waals surface area contributed by atoms with Gasteiger partial charge in [0.05, 0.1) is 12.0 Å². The number of nitrogens with zero attached hydrogens (tertiary/aromatic N) is 1. The third-order valence-electron chi connectivity index (χ3n) is 2.15. The summed E-state index contributed by atoms with van der Waals surface area (Å²) in [5.41, 5.74) is 2.50. The molecule has 2 aromatic rings. The van der Waals surface area contributed by atoms with E-state index in [1.165, 1.54) is 11.8 Å². The van der Waals surface area contributed by atoms with E-state index < -0.39 is 0 Å². The molecule has 104 valence electrons. The summed E-state index contributed by atoms with van der Waals surface area (Å²) in [7, 11) is 0. The first-order chi connectivity index (χ1) is 9.63. The Morgan fingerprint density at radius 2 is 2.20 bits per heavy atom. The number of carbonyl (C=O) groups excluding carboxylic acids is 1. The smallest absolute Gasteiger partial charge is 0.250 e. The highest BCUT2D eigenvalue weighted by Gasteiger charge is 2.01. The van der Waals surface area contributed by atoms with Gasteiger partial charge >= 0.3 is 0 Å². The predicted molar refractivity (Wildman–Crippen MR) is 89.9 cm³/mol. The monoisotopic (exact) mass is 388 g/mol. The molecule has 0 atom stereocenters. The van der Waals surface area contributed by atoms with Gasteiger partial charge in [-0.2, -0.15) is 5.10 Å². The molecule has 3 nitrogen and oxygen atoms in total. The summed E-state index contributed by atoms with van der Waals surface area (Å²) in [6.45, 7) is 0. The van der Waals surface area contributed by atoms with Crippen molar-refractivity contribution >= 4 is 62.8 Å². The molecule has 1 heterocycles. The molecule has 0 unspecified atom stereocenters. The molecule has 0 saturated heterocycles. The zero-order chi connectivity index (χ0) is 14.4. The summed E-state index contributed by atoms with van der Waals surface area (Å²) < 4.78 is 1.01. The van der Waals surface area contributed by atoms with Crippen LogP contribution >= 0.6 is 50.6 Å². The van der Waals surface area contributed by atoms with Gasteiger partial charge in [0.15, 0.2) is 0 Å². The highest BCUT2D eigenvalue weighted by molar-refractivity contribution is 9.10.